The number of carbonyl (C=O) groups excluding carboxylic acids is 1. The molecule has 1 atom stereocenters. The molecular formula is C16H28N2O3. The molecule has 1 unspecified atom stereocenters. The lowest BCUT2D eigenvalue weighted by Gasteiger charge is -2.39. The van der Waals surface area contributed by atoms with Crippen LogP contribution in [0, 0.1) is 5.41 Å². The van der Waals surface area contributed by atoms with Crippen molar-refractivity contribution in [3.05, 3.63) is 0 Å². The van der Waals surface area contributed by atoms with Gasteiger partial charge in [0.15, 0.2) is 0 Å². The van der Waals surface area contributed by atoms with E-state index in [-0.39, 0.29) is 5.91 Å². The van der Waals surface area contributed by atoms with E-state index in [9.17, 15) is 14.7 Å². The van der Waals surface area contributed by atoms with Gasteiger partial charge in [-0.15, -0.1) is 0 Å². The lowest BCUT2D eigenvalue weighted by atomic mass is 9.77. The minimum atomic E-state index is -0.711. The third-order valence-electron chi connectivity index (χ3n) is 5.10. The lowest BCUT2D eigenvalue weighted by molar-refractivity contribution is -0.154. The van der Waals surface area contributed by atoms with Gasteiger partial charge in [-0.25, -0.2) is 0 Å². The highest BCUT2D eigenvalue weighted by atomic mass is 16.4. The molecule has 2 saturated heterocycles. The molecule has 0 bridgehead atoms. The van der Waals surface area contributed by atoms with E-state index in [2.05, 4.69) is 0 Å². The predicted octanol–water partition coefficient (Wildman–Crippen LogP) is 1.97. The fourth-order valence-electron chi connectivity index (χ4n) is 3.59. The van der Waals surface area contributed by atoms with Crippen molar-refractivity contribution in [2.75, 3.05) is 32.7 Å². The maximum Gasteiger partial charge on any atom is 0.310 e. The maximum absolute atomic E-state index is 12.4. The Hall–Kier alpha value is -1.10. The monoisotopic (exact) mass is 296 g/mol. The van der Waals surface area contributed by atoms with Crippen LogP contribution in [0.4, 0.5) is 0 Å². The van der Waals surface area contributed by atoms with E-state index in [1.54, 1.807) is 0 Å². The molecule has 0 saturated carbocycles. The predicted molar refractivity (Wildman–Crippen MR) is 81.1 cm³/mol. The molecule has 2 rings (SSSR count). The molecular weight excluding hydrogens is 268 g/mol. The van der Waals surface area contributed by atoms with E-state index in [1.807, 2.05) is 16.7 Å². The summed E-state index contributed by atoms with van der Waals surface area (Å²) >= 11 is 0. The number of rotatable bonds is 4. The molecule has 0 aromatic heterocycles. The highest BCUT2D eigenvalue weighted by molar-refractivity contribution is 5.79. The molecule has 0 aliphatic carbocycles. The van der Waals surface area contributed by atoms with Crippen molar-refractivity contribution >= 4 is 11.9 Å². The van der Waals surface area contributed by atoms with Crippen LogP contribution in [0.25, 0.3) is 0 Å². The zero-order valence-corrected chi connectivity index (χ0v) is 13.1. The fraction of sp³-hybridized carbons (Fsp3) is 0.875. The summed E-state index contributed by atoms with van der Waals surface area (Å²) in [6, 6.07) is 0. The second-order valence-electron chi connectivity index (χ2n) is 6.55. The molecule has 1 N–H and O–H groups in total. The summed E-state index contributed by atoms with van der Waals surface area (Å²) in [4.78, 5) is 28.0. The van der Waals surface area contributed by atoms with Gasteiger partial charge in [0.25, 0.3) is 0 Å². The molecule has 2 fully saturated rings. The Morgan fingerprint density at radius 1 is 1.05 bits per heavy atom. The summed E-state index contributed by atoms with van der Waals surface area (Å²) in [5.41, 5.74) is -0.655. The number of piperidine rings is 1. The Kier molecular flexibility index (Phi) is 5.62. The molecule has 0 radical (unpaired) electrons. The van der Waals surface area contributed by atoms with Crippen molar-refractivity contribution in [2.24, 2.45) is 5.41 Å². The SMILES string of the molecule is CCC1(C(=O)O)CCCN(CC(=O)N2CCCCCC2)C1. The van der Waals surface area contributed by atoms with Gasteiger partial charge < -0.3 is 10.0 Å². The van der Waals surface area contributed by atoms with E-state index in [1.165, 1.54) is 12.8 Å². The van der Waals surface area contributed by atoms with Crippen molar-refractivity contribution in [3.63, 3.8) is 0 Å². The minimum absolute atomic E-state index is 0.175. The number of carbonyl (C=O) groups is 2. The van der Waals surface area contributed by atoms with Crippen molar-refractivity contribution in [1.82, 2.24) is 9.80 Å². The summed E-state index contributed by atoms with van der Waals surface area (Å²) in [6.45, 7) is 5.41. The van der Waals surface area contributed by atoms with Gasteiger partial charge in [-0.1, -0.05) is 19.8 Å². The normalized spacial score (nSPS) is 28.1. The molecule has 1 amide bonds. The van der Waals surface area contributed by atoms with Gasteiger partial charge in [-0.05, 0) is 38.6 Å². The Bertz CT molecular complexity index is 378. The topological polar surface area (TPSA) is 60.9 Å². The number of amides is 1. The van der Waals surface area contributed by atoms with Crippen molar-refractivity contribution in [3.8, 4) is 0 Å². The molecule has 21 heavy (non-hydrogen) atoms. The number of carboxylic acid groups (broad SMARTS) is 1. The van der Waals surface area contributed by atoms with Crippen molar-refractivity contribution < 1.29 is 14.7 Å². The van der Waals surface area contributed by atoms with Crippen LogP contribution in [0.15, 0.2) is 0 Å². The first-order chi connectivity index (χ1) is 10.1. The first-order valence-electron chi connectivity index (χ1n) is 8.31. The number of likely N-dealkylation sites (tertiary alicyclic amines) is 2. The Morgan fingerprint density at radius 2 is 1.71 bits per heavy atom. The van der Waals surface area contributed by atoms with E-state index < -0.39 is 11.4 Å². The average molecular weight is 296 g/mol. The standard InChI is InChI=1S/C16H28N2O3/c1-2-16(15(20)21)8-7-9-17(13-16)12-14(19)18-10-5-3-4-6-11-18/h2-13H2,1H3,(H,20,21). The van der Waals surface area contributed by atoms with Gasteiger partial charge in [0.2, 0.25) is 5.91 Å². The van der Waals surface area contributed by atoms with Gasteiger partial charge in [0, 0.05) is 19.6 Å². The van der Waals surface area contributed by atoms with Crippen LogP contribution in [-0.2, 0) is 9.59 Å². The van der Waals surface area contributed by atoms with E-state index in [0.29, 0.717) is 19.5 Å². The smallest absolute Gasteiger partial charge is 0.310 e. The van der Waals surface area contributed by atoms with Crippen LogP contribution in [-0.4, -0.2) is 59.5 Å². The van der Waals surface area contributed by atoms with E-state index in [4.69, 9.17) is 0 Å². The highest BCUT2D eigenvalue weighted by Crippen LogP contribution is 2.33. The zero-order chi connectivity index (χ0) is 15.3. The van der Waals surface area contributed by atoms with Crippen LogP contribution >= 0.6 is 0 Å². The number of hydrogen-bond donors (Lipinski definition) is 1. The van der Waals surface area contributed by atoms with Crippen LogP contribution in [0.1, 0.15) is 51.9 Å². The van der Waals surface area contributed by atoms with Gasteiger partial charge in [0.05, 0.1) is 12.0 Å². The summed E-state index contributed by atoms with van der Waals surface area (Å²) in [7, 11) is 0. The lowest BCUT2D eigenvalue weighted by Crippen LogP contribution is -2.50. The second-order valence-corrected chi connectivity index (χ2v) is 6.55. The summed E-state index contributed by atoms with van der Waals surface area (Å²) in [5, 5.41) is 9.50. The summed E-state index contributed by atoms with van der Waals surface area (Å²) in [6.07, 6.45) is 6.85. The van der Waals surface area contributed by atoms with Crippen LogP contribution in [0.3, 0.4) is 0 Å². The van der Waals surface area contributed by atoms with Crippen molar-refractivity contribution in [1.29, 1.82) is 0 Å². The first kappa shape index (κ1) is 16.3. The van der Waals surface area contributed by atoms with Gasteiger partial charge in [-0.2, -0.15) is 0 Å². The Labute approximate surface area is 127 Å². The third kappa shape index (κ3) is 3.96. The molecule has 5 heteroatoms. The minimum Gasteiger partial charge on any atom is -0.481 e. The molecule has 2 heterocycles. The average Bonchev–Trinajstić information content (AvgIpc) is 2.76. The zero-order valence-electron chi connectivity index (χ0n) is 13.1. The van der Waals surface area contributed by atoms with Gasteiger partial charge >= 0.3 is 5.97 Å². The summed E-state index contributed by atoms with van der Waals surface area (Å²) < 4.78 is 0. The number of carboxylic acids is 1. The van der Waals surface area contributed by atoms with Crippen LogP contribution in [0.2, 0.25) is 0 Å². The number of aliphatic carboxylic acids is 1. The fourth-order valence-corrected chi connectivity index (χ4v) is 3.59. The first-order valence-corrected chi connectivity index (χ1v) is 8.31. The van der Waals surface area contributed by atoms with Crippen molar-refractivity contribution in [2.45, 2.75) is 51.9 Å². The molecule has 0 aromatic carbocycles. The molecule has 0 spiro atoms. The highest BCUT2D eigenvalue weighted by Gasteiger charge is 2.41. The Balaban J connectivity index is 1.92. The van der Waals surface area contributed by atoms with E-state index >= 15 is 0 Å². The number of nitrogens with zero attached hydrogens (tertiary/aromatic N) is 2. The quantitative estimate of drug-likeness (QED) is 0.861. The molecule has 120 valence electrons. The van der Waals surface area contributed by atoms with Crippen LogP contribution in [0.5, 0.6) is 0 Å². The second kappa shape index (κ2) is 7.25. The molecule has 0 aromatic rings. The number of hydrogen-bond acceptors (Lipinski definition) is 3. The van der Waals surface area contributed by atoms with Crippen LogP contribution < -0.4 is 0 Å². The summed E-state index contributed by atoms with van der Waals surface area (Å²) in [5.74, 6) is -0.536. The maximum atomic E-state index is 12.4. The third-order valence-corrected chi connectivity index (χ3v) is 5.10. The van der Waals surface area contributed by atoms with Gasteiger partial charge in [-0.3, -0.25) is 14.5 Å². The molecule has 2 aliphatic rings. The Morgan fingerprint density at radius 3 is 2.29 bits per heavy atom. The largest absolute Gasteiger partial charge is 0.481 e. The van der Waals surface area contributed by atoms with E-state index in [0.717, 1.165) is 45.3 Å². The van der Waals surface area contributed by atoms with Gasteiger partial charge in [0.1, 0.15) is 0 Å². The molecule has 2 aliphatic heterocycles. The molecule has 5 nitrogen and oxygen atoms in total.